The van der Waals surface area contributed by atoms with Crippen molar-refractivity contribution in [3.63, 3.8) is 0 Å². The van der Waals surface area contributed by atoms with E-state index >= 15 is 0 Å². The molecule has 1 aromatic carbocycles. The third-order valence-corrected chi connectivity index (χ3v) is 6.02. The molecule has 118 valence electrons. The second kappa shape index (κ2) is 6.90. The molecule has 1 aromatic rings. The number of aliphatic hydroxyl groups excluding tert-OH is 1. The highest BCUT2D eigenvalue weighted by atomic mass is 32.2. The summed E-state index contributed by atoms with van der Waals surface area (Å²) < 4.78 is 25.9. The molecule has 0 spiro atoms. The summed E-state index contributed by atoms with van der Waals surface area (Å²) in [4.78, 5) is 0.296. The predicted octanol–water partition coefficient (Wildman–Crippen LogP) is 2.74. The second-order valence-electron chi connectivity index (χ2n) is 6.04. The standard InChI is InChI=1S/C16H25NO3S/c1-13(18)12-17(2)21(19,20)16-10-8-15(9-11-16)14-6-4-3-5-7-14/h8-11,13-14,18H,3-7,12H2,1-2H3. The van der Waals surface area contributed by atoms with E-state index < -0.39 is 16.1 Å². The molecule has 0 saturated heterocycles. The van der Waals surface area contributed by atoms with Gasteiger partial charge < -0.3 is 5.11 Å². The zero-order valence-corrected chi connectivity index (χ0v) is 13.6. The Kier molecular flexibility index (Phi) is 5.41. The molecule has 1 aliphatic rings. The van der Waals surface area contributed by atoms with Gasteiger partial charge in [-0.1, -0.05) is 31.4 Å². The van der Waals surface area contributed by atoms with E-state index in [2.05, 4.69) is 0 Å². The summed E-state index contributed by atoms with van der Waals surface area (Å²) in [6, 6.07) is 7.27. The first-order valence-corrected chi connectivity index (χ1v) is 9.09. The summed E-state index contributed by atoms with van der Waals surface area (Å²) in [6.45, 7) is 1.69. The van der Waals surface area contributed by atoms with Gasteiger partial charge in [0, 0.05) is 13.6 Å². The number of rotatable bonds is 5. The first-order chi connectivity index (χ1) is 9.91. The fourth-order valence-corrected chi connectivity index (χ4v) is 4.25. The number of sulfonamides is 1. The Morgan fingerprint density at radius 3 is 2.29 bits per heavy atom. The largest absolute Gasteiger partial charge is 0.392 e. The van der Waals surface area contributed by atoms with E-state index in [0.717, 1.165) is 0 Å². The lowest BCUT2D eigenvalue weighted by atomic mass is 9.84. The monoisotopic (exact) mass is 311 g/mol. The summed E-state index contributed by atoms with van der Waals surface area (Å²) in [5, 5.41) is 9.34. The van der Waals surface area contributed by atoms with Crippen LogP contribution in [-0.4, -0.2) is 37.5 Å². The Bertz CT molecular complexity index is 545. The topological polar surface area (TPSA) is 57.6 Å². The first-order valence-electron chi connectivity index (χ1n) is 7.65. The second-order valence-corrected chi connectivity index (χ2v) is 8.08. The summed E-state index contributed by atoms with van der Waals surface area (Å²) in [6.07, 6.45) is 5.57. The van der Waals surface area contributed by atoms with Gasteiger partial charge in [0.2, 0.25) is 10.0 Å². The highest BCUT2D eigenvalue weighted by molar-refractivity contribution is 7.89. The third-order valence-electron chi connectivity index (χ3n) is 4.19. The van der Waals surface area contributed by atoms with Crippen molar-refractivity contribution in [1.82, 2.24) is 4.31 Å². The lowest BCUT2D eigenvalue weighted by Crippen LogP contribution is -2.33. The molecule has 1 aliphatic carbocycles. The van der Waals surface area contributed by atoms with Crippen LogP contribution in [0.1, 0.15) is 50.5 Å². The molecule has 0 amide bonds. The predicted molar refractivity (Wildman–Crippen MR) is 83.8 cm³/mol. The lowest BCUT2D eigenvalue weighted by Gasteiger charge is -2.23. The van der Waals surface area contributed by atoms with Crippen molar-refractivity contribution in [3.05, 3.63) is 29.8 Å². The maximum absolute atomic E-state index is 12.4. The van der Waals surface area contributed by atoms with Crippen LogP contribution in [0.5, 0.6) is 0 Å². The normalized spacial score (nSPS) is 18.9. The van der Waals surface area contributed by atoms with Crippen LogP contribution < -0.4 is 0 Å². The zero-order valence-electron chi connectivity index (χ0n) is 12.8. The van der Waals surface area contributed by atoms with Crippen LogP contribution in [0.15, 0.2) is 29.2 Å². The maximum Gasteiger partial charge on any atom is 0.242 e. The van der Waals surface area contributed by atoms with Crippen LogP contribution in [0.2, 0.25) is 0 Å². The molecular weight excluding hydrogens is 286 g/mol. The van der Waals surface area contributed by atoms with Gasteiger partial charge in [-0.3, -0.25) is 0 Å². The van der Waals surface area contributed by atoms with E-state index in [4.69, 9.17) is 0 Å². The average Bonchev–Trinajstić information content (AvgIpc) is 2.47. The van der Waals surface area contributed by atoms with Crippen molar-refractivity contribution in [2.24, 2.45) is 0 Å². The van der Waals surface area contributed by atoms with E-state index in [9.17, 15) is 13.5 Å². The minimum Gasteiger partial charge on any atom is -0.392 e. The van der Waals surface area contributed by atoms with Crippen molar-refractivity contribution in [3.8, 4) is 0 Å². The molecule has 4 nitrogen and oxygen atoms in total. The molecule has 0 bridgehead atoms. The Labute approximate surface area is 127 Å². The molecule has 2 rings (SSSR count). The molecule has 1 saturated carbocycles. The lowest BCUT2D eigenvalue weighted by molar-refractivity contribution is 0.171. The van der Waals surface area contributed by atoms with Crippen LogP contribution in [0.3, 0.4) is 0 Å². The molecule has 0 aromatic heterocycles. The molecule has 1 fully saturated rings. The van der Waals surface area contributed by atoms with Gasteiger partial charge in [0.1, 0.15) is 0 Å². The molecule has 0 heterocycles. The van der Waals surface area contributed by atoms with Crippen molar-refractivity contribution in [2.75, 3.05) is 13.6 Å². The summed E-state index contributed by atoms with van der Waals surface area (Å²) >= 11 is 0. The van der Waals surface area contributed by atoms with Gasteiger partial charge in [0.05, 0.1) is 11.0 Å². The molecule has 21 heavy (non-hydrogen) atoms. The summed E-state index contributed by atoms with van der Waals surface area (Å²) in [5.74, 6) is 0.575. The van der Waals surface area contributed by atoms with Gasteiger partial charge in [0.25, 0.3) is 0 Å². The van der Waals surface area contributed by atoms with Gasteiger partial charge >= 0.3 is 0 Å². The maximum atomic E-state index is 12.4. The average molecular weight is 311 g/mol. The third kappa shape index (κ3) is 4.05. The van der Waals surface area contributed by atoms with E-state index in [1.807, 2.05) is 12.1 Å². The molecule has 0 radical (unpaired) electrons. The Morgan fingerprint density at radius 1 is 1.19 bits per heavy atom. The summed E-state index contributed by atoms with van der Waals surface area (Å²) in [5.41, 5.74) is 1.24. The molecule has 1 N–H and O–H groups in total. The van der Waals surface area contributed by atoms with Crippen molar-refractivity contribution >= 4 is 10.0 Å². The van der Waals surface area contributed by atoms with Gasteiger partial charge in [-0.25, -0.2) is 8.42 Å². The zero-order chi connectivity index (χ0) is 15.5. The van der Waals surface area contributed by atoms with Crippen LogP contribution in [-0.2, 0) is 10.0 Å². The number of likely N-dealkylation sites (N-methyl/N-ethyl adjacent to an activating group) is 1. The smallest absolute Gasteiger partial charge is 0.242 e. The van der Waals surface area contributed by atoms with Gasteiger partial charge in [0.15, 0.2) is 0 Å². The first kappa shape index (κ1) is 16.5. The number of benzene rings is 1. The van der Waals surface area contributed by atoms with Gasteiger partial charge in [-0.05, 0) is 43.4 Å². The highest BCUT2D eigenvalue weighted by Gasteiger charge is 2.22. The van der Waals surface area contributed by atoms with Crippen LogP contribution in [0, 0.1) is 0 Å². The van der Waals surface area contributed by atoms with E-state index in [0.29, 0.717) is 10.8 Å². The number of nitrogens with zero attached hydrogens (tertiary/aromatic N) is 1. The number of hydrogen-bond acceptors (Lipinski definition) is 3. The molecular formula is C16H25NO3S. The highest BCUT2D eigenvalue weighted by Crippen LogP contribution is 2.33. The number of hydrogen-bond donors (Lipinski definition) is 1. The van der Waals surface area contributed by atoms with Crippen LogP contribution in [0.25, 0.3) is 0 Å². The fourth-order valence-electron chi connectivity index (χ4n) is 3.00. The Balaban J connectivity index is 2.14. The Morgan fingerprint density at radius 2 is 1.76 bits per heavy atom. The van der Waals surface area contributed by atoms with E-state index in [1.54, 1.807) is 19.1 Å². The van der Waals surface area contributed by atoms with Crippen molar-refractivity contribution < 1.29 is 13.5 Å². The molecule has 1 unspecified atom stereocenters. The minimum atomic E-state index is -3.51. The minimum absolute atomic E-state index is 0.104. The van der Waals surface area contributed by atoms with E-state index in [1.165, 1.54) is 49.0 Å². The quantitative estimate of drug-likeness (QED) is 0.909. The van der Waals surface area contributed by atoms with E-state index in [-0.39, 0.29) is 6.54 Å². The summed E-state index contributed by atoms with van der Waals surface area (Å²) in [7, 11) is -2.01. The van der Waals surface area contributed by atoms with Crippen molar-refractivity contribution in [2.45, 2.75) is 55.9 Å². The van der Waals surface area contributed by atoms with Crippen LogP contribution >= 0.6 is 0 Å². The molecule has 5 heteroatoms. The van der Waals surface area contributed by atoms with Crippen molar-refractivity contribution in [1.29, 1.82) is 0 Å². The number of aliphatic hydroxyl groups is 1. The Hall–Kier alpha value is -0.910. The van der Waals surface area contributed by atoms with Gasteiger partial charge in [-0.2, -0.15) is 4.31 Å². The fraction of sp³-hybridized carbons (Fsp3) is 0.625. The van der Waals surface area contributed by atoms with Gasteiger partial charge in [-0.15, -0.1) is 0 Å². The van der Waals surface area contributed by atoms with Crippen LogP contribution in [0.4, 0.5) is 0 Å². The molecule has 1 atom stereocenters. The SMILES string of the molecule is CC(O)CN(C)S(=O)(=O)c1ccc(C2CCCCC2)cc1. The molecule has 0 aliphatic heterocycles.